The zero-order valence-electron chi connectivity index (χ0n) is 15.7. The molecule has 1 fully saturated rings. The Labute approximate surface area is 157 Å². The molecule has 1 aromatic carbocycles. The number of likely N-dealkylation sites (tertiary alicyclic amines) is 1. The topological polar surface area (TPSA) is 66.9 Å². The Hall–Kier alpha value is -2.51. The highest BCUT2D eigenvalue weighted by Crippen LogP contribution is 2.23. The Morgan fingerprint density at radius 2 is 1.85 bits per heavy atom. The summed E-state index contributed by atoms with van der Waals surface area (Å²) >= 11 is 0. The van der Waals surface area contributed by atoms with E-state index in [0.29, 0.717) is 18.9 Å². The SMILES string of the molecule is COC(=O)CN(C(=O)C1CCN(C(=O)c2ccc(F)cc2F)CC1)C(C)C. The molecular weight excluding hydrogens is 358 g/mol. The summed E-state index contributed by atoms with van der Waals surface area (Å²) in [5.74, 6) is -3.13. The van der Waals surface area contributed by atoms with Gasteiger partial charge in [-0.2, -0.15) is 0 Å². The molecule has 1 aromatic rings. The minimum atomic E-state index is -0.901. The third kappa shape index (κ3) is 5.02. The summed E-state index contributed by atoms with van der Waals surface area (Å²) in [5.41, 5.74) is -0.185. The van der Waals surface area contributed by atoms with Crippen LogP contribution in [0.15, 0.2) is 18.2 Å². The Morgan fingerprint density at radius 3 is 2.37 bits per heavy atom. The summed E-state index contributed by atoms with van der Waals surface area (Å²) in [6, 6.07) is 2.68. The van der Waals surface area contributed by atoms with Gasteiger partial charge in [-0.3, -0.25) is 14.4 Å². The highest BCUT2D eigenvalue weighted by molar-refractivity contribution is 5.94. The number of halogens is 2. The van der Waals surface area contributed by atoms with Crippen LogP contribution in [0.4, 0.5) is 8.78 Å². The van der Waals surface area contributed by atoms with Crippen molar-refractivity contribution in [2.24, 2.45) is 5.92 Å². The minimum Gasteiger partial charge on any atom is -0.468 e. The smallest absolute Gasteiger partial charge is 0.325 e. The first-order valence-electron chi connectivity index (χ1n) is 8.86. The van der Waals surface area contributed by atoms with Crippen LogP contribution in [0.5, 0.6) is 0 Å². The van der Waals surface area contributed by atoms with Crippen LogP contribution in [0.1, 0.15) is 37.0 Å². The van der Waals surface area contributed by atoms with Gasteiger partial charge in [-0.05, 0) is 38.8 Å². The molecule has 148 valence electrons. The number of nitrogens with zero attached hydrogens (tertiary/aromatic N) is 2. The fourth-order valence-electron chi connectivity index (χ4n) is 3.12. The normalized spacial score (nSPS) is 15.0. The van der Waals surface area contributed by atoms with E-state index in [9.17, 15) is 23.2 Å². The average Bonchev–Trinajstić information content (AvgIpc) is 2.64. The van der Waals surface area contributed by atoms with Gasteiger partial charge < -0.3 is 14.5 Å². The molecular formula is C19H24F2N2O4. The molecule has 1 aliphatic heterocycles. The maximum absolute atomic E-state index is 13.8. The van der Waals surface area contributed by atoms with E-state index >= 15 is 0 Å². The number of amides is 2. The van der Waals surface area contributed by atoms with Gasteiger partial charge in [0.05, 0.1) is 12.7 Å². The molecule has 1 heterocycles. The van der Waals surface area contributed by atoms with Crippen molar-refractivity contribution in [1.29, 1.82) is 0 Å². The first-order valence-corrected chi connectivity index (χ1v) is 8.86. The lowest BCUT2D eigenvalue weighted by molar-refractivity contribution is -0.150. The van der Waals surface area contributed by atoms with Crippen LogP contribution in [0.2, 0.25) is 0 Å². The molecule has 2 amide bonds. The number of esters is 1. The number of benzene rings is 1. The number of methoxy groups -OCH3 is 1. The molecule has 27 heavy (non-hydrogen) atoms. The van der Waals surface area contributed by atoms with Crippen LogP contribution < -0.4 is 0 Å². The third-order valence-electron chi connectivity index (χ3n) is 4.73. The van der Waals surface area contributed by atoms with E-state index in [2.05, 4.69) is 4.74 Å². The van der Waals surface area contributed by atoms with Gasteiger partial charge in [0.1, 0.15) is 18.2 Å². The summed E-state index contributed by atoms with van der Waals surface area (Å²) < 4.78 is 31.5. The molecule has 0 spiro atoms. The lowest BCUT2D eigenvalue weighted by Gasteiger charge is -2.35. The first kappa shape index (κ1) is 20.8. The molecule has 0 atom stereocenters. The summed E-state index contributed by atoms with van der Waals surface area (Å²) in [7, 11) is 1.27. The monoisotopic (exact) mass is 382 g/mol. The van der Waals surface area contributed by atoms with Crippen molar-refractivity contribution in [3.8, 4) is 0 Å². The number of hydrogen-bond acceptors (Lipinski definition) is 4. The predicted octanol–water partition coefficient (Wildman–Crippen LogP) is 2.23. The lowest BCUT2D eigenvalue weighted by Crippen LogP contribution is -2.48. The number of piperidine rings is 1. The van der Waals surface area contributed by atoms with E-state index in [1.807, 2.05) is 13.8 Å². The summed E-state index contributed by atoms with van der Waals surface area (Å²) in [6.07, 6.45) is 0.829. The maximum atomic E-state index is 13.8. The number of hydrogen-bond donors (Lipinski definition) is 0. The van der Waals surface area contributed by atoms with Crippen molar-refractivity contribution < 1.29 is 27.9 Å². The standard InChI is InChI=1S/C19H24F2N2O4/c1-12(2)23(11-17(24)27-3)18(25)13-6-8-22(9-7-13)19(26)15-5-4-14(20)10-16(15)21/h4-5,10,12-13H,6-9,11H2,1-3H3. The number of carbonyl (C=O) groups is 3. The Kier molecular flexibility index (Phi) is 6.87. The summed E-state index contributed by atoms with van der Waals surface area (Å²) in [4.78, 5) is 39.6. The lowest BCUT2D eigenvalue weighted by atomic mass is 9.94. The molecule has 0 bridgehead atoms. The van der Waals surface area contributed by atoms with E-state index in [-0.39, 0.29) is 43.1 Å². The second kappa shape index (κ2) is 8.92. The molecule has 0 saturated carbocycles. The van der Waals surface area contributed by atoms with Crippen LogP contribution in [0, 0.1) is 17.6 Å². The highest BCUT2D eigenvalue weighted by atomic mass is 19.1. The van der Waals surface area contributed by atoms with E-state index in [1.54, 1.807) is 0 Å². The van der Waals surface area contributed by atoms with E-state index in [4.69, 9.17) is 0 Å². The second-order valence-electron chi connectivity index (χ2n) is 6.83. The molecule has 2 rings (SSSR count). The van der Waals surface area contributed by atoms with Gasteiger partial charge >= 0.3 is 5.97 Å². The molecule has 0 aromatic heterocycles. The Balaban J connectivity index is 2.00. The zero-order valence-corrected chi connectivity index (χ0v) is 15.7. The Morgan fingerprint density at radius 1 is 1.22 bits per heavy atom. The zero-order chi connectivity index (χ0) is 20.1. The van der Waals surface area contributed by atoms with Crippen LogP contribution in [-0.2, 0) is 14.3 Å². The quantitative estimate of drug-likeness (QED) is 0.733. The van der Waals surface area contributed by atoms with Gasteiger partial charge in [0.2, 0.25) is 5.91 Å². The van der Waals surface area contributed by atoms with E-state index in [0.717, 1.165) is 12.1 Å². The molecule has 0 radical (unpaired) electrons. The van der Waals surface area contributed by atoms with Gasteiger partial charge in [-0.1, -0.05) is 0 Å². The molecule has 1 saturated heterocycles. The second-order valence-corrected chi connectivity index (χ2v) is 6.83. The van der Waals surface area contributed by atoms with Crippen molar-refractivity contribution in [2.75, 3.05) is 26.7 Å². The van der Waals surface area contributed by atoms with E-state index in [1.165, 1.54) is 16.9 Å². The molecule has 6 nitrogen and oxygen atoms in total. The summed E-state index contributed by atoms with van der Waals surface area (Å²) in [5, 5.41) is 0. The number of rotatable bonds is 5. The van der Waals surface area contributed by atoms with Gasteiger partial charge in [-0.15, -0.1) is 0 Å². The Bertz CT molecular complexity index is 716. The fraction of sp³-hybridized carbons (Fsp3) is 0.526. The maximum Gasteiger partial charge on any atom is 0.325 e. The van der Waals surface area contributed by atoms with Crippen LogP contribution in [0.3, 0.4) is 0 Å². The average molecular weight is 382 g/mol. The highest BCUT2D eigenvalue weighted by Gasteiger charge is 2.33. The number of ether oxygens (including phenoxy) is 1. The van der Waals surface area contributed by atoms with Gasteiger partial charge in [0.15, 0.2) is 0 Å². The molecule has 0 N–H and O–H groups in total. The number of carbonyl (C=O) groups excluding carboxylic acids is 3. The molecule has 8 heteroatoms. The summed E-state index contributed by atoms with van der Waals surface area (Å²) in [6.45, 7) is 4.09. The van der Waals surface area contributed by atoms with Crippen molar-refractivity contribution in [3.63, 3.8) is 0 Å². The minimum absolute atomic E-state index is 0.118. The molecule has 1 aliphatic rings. The van der Waals surface area contributed by atoms with Crippen LogP contribution in [-0.4, -0.2) is 60.4 Å². The molecule has 0 aliphatic carbocycles. The predicted molar refractivity (Wildman–Crippen MR) is 93.9 cm³/mol. The van der Waals surface area contributed by atoms with Gasteiger partial charge in [-0.25, -0.2) is 8.78 Å². The van der Waals surface area contributed by atoms with Crippen molar-refractivity contribution in [1.82, 2.24) is 9.80 Å². The van der Waals surface area contributed by atoms with Crippen molar-refractivity contribution in [3.05, 3.63) is 35.4 Å². The largest absolute Gasteiger partial charge is 0.468 e. The van der Waals surface area contributed by atoms with Crippen LogP contribution in [0.25, 0.3) is 0 Å². The van der Waals surface area contributed by atoms with Gasteiger partial charge in [0.25, 0.3) is 5.91 Å². The first-order chi connectivity index (χ1) is 12.7. The van der Waals surface area contributed by atoms with Crippen molar-refractivity contribution in [2.45, 2.75) is 32.7 Å². The molecule has 0 unspecified atom stereocenters. The fourth-order valence-corrected chi connectivity index (χ4v) is 3.12. The van der Waals surface area contributed by atoms with Crippen LogP contribution >= 0.6 is 0 Å². The van der Waals surface area contributed by atoms with E-state index < -0.39 is 23.5 Å². The van der Waals surface area contributed by atoms with Crippen molar-refractivity contribution >= 4 is 17.8 Å². The van der Waals surface area contributed by atoms with Gasteiger partial charge in [0, 0.05) is 31.1 Å². The third-order valence-corrected chi connectivity index (χ3v) is 4.73.